The summed E-state index contributed by atoms with van der Waals surface area (Å²) in [5, 5.41) is 12.0. The Morgan fingerprint density at radius 1 is 1.50 bits per heavy atom. The third-order valence-corrected chi connectivity index (χ3v) is 2.23. The normalized spacial score (nSPS) is 11.9. The third kappa shape index (κ3) is 3.84. The van der Waals surface area contributed by atoms with E-state index < -0.39 is 9.84 Å². The summed E-state index contributed by atoms with van der Waals surface area (Å²) in [6.07, 6.45) is 2.10. The molecule has 0 saturated heterocycles. The van der Waals surface area contributed by atoms with E-state index in [1.54, 1.807) is 0 Å². The summed E-state index contributed by atoms with van der Waals surface area (Å²) in [6.45, 7) is 0.0454. The van der Waals surface area contributed by atoms with Gasteiger partial charge in [0.05, 0.1) is 0 Å². The Morgan fingerprint density at radius 3 is 2.79 bits per heavy atom. The van der Waals surface area contributed by atoms with Crippen molar-refractivity contribution in [3.05, 3.63) is 11.7 Å². The molecule has 0 amide bonds. The first-order chi connectivity index (χ1) is 6.51. The molecule has 6 nitrogen and oxygen atoms in total. The van der Waals surface area contributed by atoms with Gasteiger partial charge >= 0.3 is 0 Å². The van der Waals surface area contributed by atoms with Gasteiger partial charge in [-0.15, -0.1) is 0 Å². The van der Waals surface area contributed by atoms with Crippen molar-refractivity contribution in [1.29, 1.82) is 0 Å². The second-order valence-corrected chi connectivity index (χ2v) is 5.14. The van der Waals surface area contributed by atoms with Gasteiger partial charge in [-0.2, -0.15) is 4.98 Å². The van der Waals surface area contributed by atoms with Gasteiger partial charge in [0.15, 0.2) is 15.7 Å². The van der Waals surface area contributed by atoms with Crippen LogP contribution in [0.2, 0.25) is 0 Å². The van der Waals surface area contributed by atoms with E-state index in [0.717, 1.165) is 6.26 Å². The fraction of sp³-hybridized carbons (Fsp3) is 0.714. The van der Waals surface area contributed by atoms with E-state index in [1.165, 1.54) is 0 Å². The fourth-order valence-electron chi connectivity index (χ4n) is 0.915. The molecule has 1 heterocycles. The van der Waals surface area contributed by atoms with Crippen molar-refractivity contribution in [2.24, 2.45) is 0 Å². The second-order valence-electron chi connectivity index (χ2n) is 3.00. The maximum Gasteiger partial charge on any atom is 0.226 e. The number of hydrogen-bond donors (Lipinski definition) is 1. The van der Waals surface area contributed by atoms with Crippen LogP contribution >= 0.6 is 0 Å². The molecule has 0 radical (unpaired) electrons. The van der Waals surface area contributed by atoms with E-state index in [-0.39, 0.29) is 18.2 Å². The van der Waals surface area contributed by atoms with Crippen molar-refractivity contribution < 1.29 is 18.0 Å². The van der Waals surface area contributed by atoms with Crippen LogP contribution in [-0.2, 0) is 22.0 Å². The average molecular weight is 220 g/mol. The largest absolute Gasteiger partial charge is 0.396 e. The summed E-state index contributed by atoms with van der Waals surface area (Å²) in [6, 6.07) is 0. The number of sulfone groups is 1. The van der Waals surface area contributed by atoms with E-state index in [2.05, 4.69) is 10.1 Å². The van der Waals surface area contributed by atoms with Crippen LogP contribution < -0.4 is 0 Å². The molecule has 0 unspecified atom stereocenters. The average Bonchev–Trinajstić information content (AvgIpc) is 2.46. The van der Waals surface area contributed by atoms with Crippen LogP contribution in [0.25, 0.3) is 0 Å². The van der Waals surface area contributed by atoms with Gasteiger partial charge in [0.25, 0.3) is 0 Å². The summed E-state index contributed by atoms with van der Waals surface area (Å²) < 4.78 is 26.5. The van der Waals surface area contributed by atoms with Crippen LogP contribution in [0, 0.1) is 0 Å². The lowest BCUT2D eigenvalue weighted by Crippen LogP contribution is -2.02. The first-order valence-electron chi connectivity index (χ1n) is 4.11. The molecular formula is C7H12N2O4S. The van der Waals surface area contributed by atoms with E-state index >= 15 is 0 Å². The van der Waals surface area contributed by atoms with Gasteiger partial charge < -0.3 is 9.63 Å². The molecule has 1 aromatic heterocycles. The minimum atomic E-state index is -3.12. The molecule has 0 bridgehead atoms. The van der Waals surface area contributed by atoms with Crippen molar-refractivity contribution in [3.8, 4) is 0 Å². The number of aliphatic hydroxyl groups excluding tert-OH is 1. The summed E-state index contributed by atoms with van der Waals surface area (Å²) in [5.41, 5.74) is 0. The molecular weight excluding hydrogens is 208 g/mol. The molecule has 0 aliphatic carbocycles. The maximum absolute atomic E-state index is 10.9. The van der Waals surface area contributed by atoms with E-state index in [4.69, 9.17) is 9.63 Å². The zero-order chi connectivity index (χ0) is 10.6. The second kappa shape index (κ2) is 4.52. The first kappa shape index (κ1) is 11.1. The van der Waals surface area contributed by atoms with Crippen molar-refractivity contribution in [2.75, 3.05) is 12.9 Å². The van der Waals surface area contributed by atoms with Gasteiger partial charge in [0.1, 0.15) is 5.75 Å². The molecule has 0 aromatic carbocycles. The van der Waals surface area contributed by atoms with Crippen LogP contribution in [0.15, 0.2) is 4.52 Å². The smallest absolute Gasteiger partial charge is 0.226 e. The molecule has 1 rings (SSSR count). The first-order valence-corrected chi connectivity index (χ1v) is 6.17. The minimum absolute atomic E-state index is 0.0454. The Balaban J connectivity index is 2.59. The number of aliphatic hydroxyl groups is 1. The molecule has 0 spiro atoms. The molecule has 0 fully saturated rings. The minimum Gasteiger partial charge on any atom is -0.396 e. The van der Waals surface area contributed by atoms with Gasteiger partial charge in [-0.05, 0) is 6.42 Å². The molecule has 0 atom stereocenters. The number of aromatic nitrogens is 2. The molecule has 1 aromatic rings. The predicted octanol–water partition coefficient (Wildman–Crippen LogP) is -0.461. The van der Waals surface area contributed by atoms with E-state index in [1.807, 2.05) is 0 Å². The summed E-state index contributed by atoms with van der Waals surface area (Å²) in [7, 11) is -3.12. The van der Waals surface area contributed by atoms with Crippen LogP contribution in [0.4, 0.5) is 0 Å². The van der Waals surface area contributed by atoms with Gasteiger partial charge in [-0.25, -0.2) is 8.42 Å². The highest BCUT2D eigenvalue weighted by molar-refractivity contribution is 7.89. The summed E-state index contributed by atoms with van der Waals surface area (Å²) >= 11 is 0. The highest BCUT2D eigenvalue weighted by Crippen LogP contribution is 2.03. The summed E-state index contributed by atoms with van der Waals surface area (Å²) in [4.78, 5) is 3.87. The van der Waals surface area contributed by atoms with Gasteiger partial charge in [-0.3, -0.25) is 0 Å². The van der Waals surface area contributed by atoms with Crippen LogP contribution in [0.3, 0.4) is 0 Å². The van der Waals surface area contributed by atoms with Crippen LogP contribution in [0.1, 0.15) is 18.1 Å². The van der Waals surface area contributed by atoms with Crippen molar-refractivity contribution in [3.63, 3.8) is 0 Å². The quantitative estimate of drug-likeness (QED) is 0.721. The molecule has 14 heavy (non-hydrogen) atoms. The highest BCUT2D eigenvalue weighted by atomic mass is 32.2. The standard InChI is InChI=1S/C7H12N2O4S/c1-14(11,12)5-6-8-7(13-9-6)3-2-4-10/h10H,2-5H2,1H3. The fourth-order valence-corrected chi connectivity index (χ4v) is 1.50. The molecule has 0 aliphatic rings. The van der Waals surface area contributed by atoms with Gasteiger partial charge in [0.2, 0.25) is 5.89 Å². The SMILES string of the molecule is CS(=O)(=O)Cc1noc(CCCO)n1. The van der Waals surface area contributed by atoms with Crippen molar-refractivity contribution in [1.82, 2.24) is 10.1 Å². The van der Waals surface area contributed by atoms with Crippen LogP contribution in [0.5, 0.6) is 0 Å². The Morgan fingerprint density at radius 2 is 2.21 bits per heavy atom. The zero-order valence-corrected chi connectivity index (χ0v) is 8.62. The van der Waals surface area contributed by atoms with Crippen LogP contribution in [-0.4, -0.2) is 36.5 Å². The van der Waals surface area contributed by atoms with Crippen molar-refractivity contribution in [2.45, 2.75) is 18.6 Å². The maximum atomic E-state index is 10.9. The number of hydrogen-bond acceptors (Lipinski definition) is 6. The number of rotatable bonds is 5. The molecule has 80 valence electrons. The summed E-state index contributed by atoms with van der Waals surface area (Å²) in [5.74, 6) is 0.313. The molecule has 1 N–H and O–H groups in total. The lowest BCUT2D eigenvalue weighted by atomic mass is 10.3. The zero-order valence-electron chi connectivity index (χ0n) is 7.80. The van der Waals surface area contributed by atoms with Gasteiger partial charge in [0, 0.05) is 19.3 Å². The lowest BCUT2D eigenvalue weighted by Gasteiger charge is -1.89. The topological polar surface area (TPSA) is 93.3 Å². The molecule has 0 saturated carbocycles. The van der Waals surface area contributed by atoms with Gasteiger partial charge in [-0.1, -0.05) is 5.16 Å². The Kier molecular flexibility index (Phi) is 3.59. The highest BCUT2D eigenvalue weighted by Gasteiger charge is 2.11. The third-order valence-electron chi connectivity index (χ3n) is 1.45. The van der Waals surface area contributed by atoms with Crippen molar-refractivity contribution >= 4 is 9.84 Å². The molecule has 7 heteroatoms. The monoisotopic (exact) mass is 220 g/mol. The number of aryl methyl sites for hydroxylation is 1. The Hall–Kier alpha value is -0.950. The van der Waals surface area contributed by atoms with E-state index in [9.17, 15) is 8.42 Å². The predicted molar refractivity (Wildman–Crippen MR) is 48.3 cm³/mol. The Bertz CT molecular complexity index is 384. The Labute approximate surface area is 81.9 Å². The number of nitrogens with zero attached hydrogens (tertiary/aromatic N) is 2. The van der Waals surface area contributed by atoms with E-state index in [0.29, 0.717) is 18.7 Å². The lowest BCUT2D eigenvalue weighted by molar-refractivity contribution is 0.278. The molecule has 0 aliphatic heterocycles.